The lowest BCUT2D eigenvalue weighted by molar-refractivity contribution is -0.151. The molecule has 14 heavy (non-hydrogen) atoms. The third kappa shape index (κ3) is 2.28. The van der Waals surface area contributed by atoms with E-state index in [2.05, 4.69) is 6.92 Å². The van der Waals surface area contributed by atoms with Crippen LogP contribution in [0.1, 0.15) is 52.9 Å². The van der Waals surface area contributed by atoms with Crippen molar-refractivity contribution in [2.75, 3.05) is 0 Å². The quantitative estimate of drug-likeness (QED) is 0.755. The topological polar surface area (TPSA) is 37.3 Å². The maximum atomic E-state index is 11.1. The highest BCUT2D eigenvalue weighted by Crippen LogP contribution is 2.41. The number of hydrogen-bond donors (Lipinski definition) is 1. The van der Waals surface area contributed by atoms with Crippen LogP contribution in [-0.4, -0.2) is 11.1 Å². The van der Waals surface area contributed by atoms with Gasteiger partial charge in [-0.2, -0.15) is 0 Å². The largest absolute Gasteiger partial charge is 0.481 e. The summed E-state index contributed by atoms with van der Waals surface area (Å²) in [6.07, 6.45) is 5.90. The van der Waals surface area contributed by atoms with Crippen molar-refractivity contribution in [3.8, 4) is 0 Å². The predicted molar refractivity (Wildman–Crippen MR) is 57.2 cm³/mol. The van der Waals surface area contributed by atoms with Crippen LogP contribution in [0.4, 0.5) is 0 Å². The van der Waals surface area contributed by atoms with Crippen molar-refractivity contribution in [1.82, 2.24) is 0 Å². The lowest BCUT2D eigenvalue weighted by Gasteiger charge is -2.36. The summed E-state index contributed by atoms with van der Waals surface area (Å²) >= 11 is 0. The van der Waals surface area contributed by atoms with Crippen molar-refractivity contribution < 1.29 is 9.90 Å². The molecule has 0 spiro atoms. The predicted octanol–water partition coefficient (Wildman–Crippen LogP) is 3.31. The first-order valence-corrected chi connectivity index (χ1v) is 5.71. The van der Waals surface area contributed by atoms with Gasteiger partial charge in [0.05, 0.1) is 5.41 Å². The Bertz CT molecular complexity index is 208. The minimum absolute atomic E-state index is 0.374. The second-order valence-electron chi connectivity index (χ2n) is 5.16. The van der Waals surface area contributed by atoms with Crippen LogP contribution in [0.25, 0.3) is 0 Å². The van der Waals surface area contributed by atoms with Gasteiger partial charge in [-0.1, -0.05) is 26.2 Å². The van der Waals surface area contributed by atoms with E-state index in [1.807, 2.05) is 13.8 Å². The maximum Gasteiger partial charge on any atom is 0.309 e. The Kier molecular flexibility index (Phi) is 3.57. The molecule has 1 fully saturated rings. The molecule has 0 heterocycles. The van der Waals surface area contributed by atoms with Crippen LogP contribution >= 0.6 is 0 Å². The van der Waals surface area contributed by atoms with Gasteiger partial charge in [0.1, 0.15) is 0 Å². The third-order valence-corrected chi connectivity index (χ3v) is 3.93. The average Bonchev–Trinajstić information content (AvgIpc) is 2.17. The molecular formula is C12H22O2. The minimum Gasteiger partial charge on any atom is -0.481 e. The van der Waals surface area contributed by atoms with Crippen LogP contribution in [-0.2, 0) is 4.79 Å². The molecule has 1 rings (SSSR count). The molecule has 2 nitrogen and oxygen atoms in total. The molecule has 1 N–H and O–H groups in total. The molecule has 0 aromatic rings. The van der Waals surface area contributed by atoms with Gasteiger partial charge < -0.3 is 5.11 Å². The van der Waals surface area contributed by atoms with Crippen LogP contribution < -0.4 is 0 Å². The fourth-order valence-corrected chi connectivity index (χ4v) is 2.49. The van der Waals surface area contributed by atoms with Crippen LogP contribution in [0.2, 0.25) is 0 Å². The molecule has 1 aliphatic rings. The Morgan fingerprint density at radius 2 is 2.07 bits per heavy atom. The van der Waals surface area contributed by atoms with Crippen molar-refractivity contribution in [1.29, 1.82) is 0 Å². The number of rotatable bonds is 3. The number of aliphatic carboxylic acids is 1. The second kappa shape index (κ2) is 4.33. The molecule has 1 saturated carbocycles. The summed E-state index contributed by atoms with van der Waals surface area (Å²) < 4.78 is 0. The van der Waals surface area contributed by atoms with Gasteiger partial charge in [0, 0.05) is 0 Å². The first-order chi connectivity index (χ1) is 6.48. The van der Waals surface area contributed by atoms with Gasteiger partial charge in [-0.25, -0.2) is 0 Å². The van der Waals surface area contributed by atoms with E-state index < -0.39 is 11.4 Å². The molecular weight excluding hydrogens is 176 g/mol. The average molecular weight is 198 g/mol. The molecule has 0 aromatic carbocycles. The SMILES string of the molecule is CCC1CCCC(C(C)(C)C(=O)O)C1. The van der Waals surface area contributed by atoms with Crippen molar-refractivity contribution in [3.63, 3.8) is 0 Å². The first-order valence-electron chi connectivity index (χ1n) is 5.71. The van der Waals surface area contributed by atoms with E-state index >= 15 is 0 Å². The smallest absolute Gasteiger partial charge is 0.309 e. The number of hydrogen-bond acceptors (Lipinski definition) is 1. The van der Waals surface area contributed by atoms with E-state index in [9.17, 15) is 4.79 Å². The van der Waals surface area contributed by atoms with Crippen molar-refractivity contribution in [3.05, 3.63) is 0 Å². The molecule has 2 atom stereocenters. The zero-order valence-electron chi connectivity index (χ0n) is 9.55. The Hall–Kier alpha value is -0.530. The van der Waals surface area contributed by atoms with Crippen LogP contribution in [0, 0.1) is 17.3 Å². The fourth-order valence-electron chi connectivity index (χ4n) is 2.49. The molecule has 0 bridgehead atoms. The van der Waals surface area contributed by atoms with Crippen LogP contribution in [0.15, 0.2) is 0 Å². The lowest BCUT2D eigenvalue weighted by Crippen LogP contribution is -2.35. The van der Waals surface area contributed by atoms with Gasteiger partial charge in [0.15, 0.2) is 0 Å². The van der Waals surface area contributed by atoms with Crippen molar-refractivity contribution in [2.45, 2.75) is 52.9 Å². The summed E-state index contributed by atoms with van der Waals surface area (Å²) in [4.78, 5) is 11.1. The molecule has 0 aromatic heterocycles. The van der Waals surface area contributed by atoms with E-state index in [0.717, 1.165) is 18.8 Å². The van der Waals surface area contributed by atoms with E-state index in [0.29, 0.717) is 5.92 Å². The fraction of sp³-hybridized carbons (Fsp3) is 0.917. The highest BCUT2D eigenvalue weighted by Gasteiger charge is 2.38. The van der Waals surface area contributed by atoms with E-state index in [1.165, 1.54) is 19.3 Å². The van der Waals surface area contributed by atoms with Gasteiger partial charge in [-0.15, -0.1) is 0 Å². The first kappa shape index (κ1) is 11.5. The molecule has 0 saturated heterocycles. The standard InChI is InChI=1S/C12H22O2/c1-4-9-6-5-7-10(8-9)12(2,3)11(13)14/h9-10H,4-8H2,1-3H3,(H,13,14). The Morgan fingerprint density at radius 3 is 2.57 bits per heavy atom. The number of carbonyl (C=O) groups is 1. The lowest BCUT2D eigenvalue weighted by atomic mass is 9.67. The summed E-state index contributed by atoms with van der Waals surface area (Å²) in [7, 11) is 0. The molecule has 2 unspecified atom stereocenters. The molecule has 82 valence electrons. The second-order valence-corrected chi connectivity index (χ2v) is 5.16. The van der Waals surface area contributed by atoms with Crippen molar-refractivity contribution >= 4 is 5.97 Å². The van der Waals surface area contributed by atoms with Crippen LogP contribution in [0.3, 0.4) is 0 Å². The third-order valence-electron chi connectivity index (χ3n) is 3.93. The van der Waals surface area contributed by atoms with Gasteiger partial charge in [-0.3, -0.25) is 4.79 Å². The Morgan fingerprint density at radius 1 is 1.43 bits per heavy atom. The molecule has 0 radical (unpaired) electrons. The normalized spacial score (nSPS) is 28.8. The summed E-state index contributed by atoms with van der Waals surface area (Å²) in [6, 6.07) is 0. The van der Waals surface area contributed by atoms with E-state index in [4.69, 9.17) is 5.11 Å². The van der Waals surface area contributed by atoms with Crippen molar-refractivity contribution in [2.24, 2.45) is 17.3 Å². The summed E-state index contributed by atoms with van der Waals surface area (Å²) in [6.45, 7) is 5.96. The van der Waals surface area contributed by atoms with Gasteiger partial charge >= 0.3 is 5.97 Å². The highest BCUT2D eigenvalue weighted by atomic mass is 16.4. The maximum absolute atomic E-state index is 11.1. The Labute approximate surface area is 86.7 Å². The zero-order chi connectivity index (χ0) is 10.8. The molecule has 2 heteroatoms. The summed E-state index contributed by atoms with van der Waals surface area (Å²) in [5.41, 5.74) is -0.534. The van der Waals surface area contributed by atoms with Crippen LogP contribution in [0.5, 0.6) is 0 Å². The molecule has 1 aliphatic carbocycles. The zero-order valence-corrected chi connectivity index (χ0v) is 9.55. The monoisotopic (exact) mass is 198 g/mol. The highest BCUT2D eigenvalue weighted by molar-refractivity contribution is 5.74. The number of carboxylic acid groups (broad SMARTS) is 1. The minimum atomic E-state index is -0.640. The van der Waals surface area contributed by atoms with Gasteiger partial charge in [-0.05, 0) is 38.5 Å². The van der Waals surface area contributed by atoms with Gasteiger partial charge in [0.2, 0.25) is 0 Å². The van der Waals surface area contributed by atoms with Gasteiger partial charge in [0.25, 0.3) is 0 Å². The summed E-state index contributed by atoms with van der Waals surface area (Å²) in [5.74, 6) is 0.491. The molecule has 0 aliphatic heterocycles. The summed E-state index contributed by atoms with van der Waals surface area (Å²) in [5, 5.41) is 9.15. The van der Waals surface area contributed by atoms with E-state index in [-0.39, 0.29) is 0 Å². The number of carboxylic acids is 1. The molecule has 0 amide bonds. The Balaban J connectivity index is 2.63. The van der Waals surface area contributed by atoms with E-state index in [1.54, 1.807) is 0 Å².